The van der Waals surface area contributed by atoms with E-state index in [9.17, 15) is 9.59 Å². The van der Waals surface area contributed by atoms with Gasteiger partial charge >= 0.3 is 0 Å². The van der Waals surface area contributed by atoms with Crippen LogP contribution in [-0.4, -0.2) is 29.8 Å². The highest BCUT2D eigenvalue weighted by molar-refractivity contribution is 6.31. The lowest BCUT2D eigenvalue weighted by molar-refractivity contribution is -0.137. The Morgan fingerprint density at radius 3 is 2.79 bits per heavy atom. The number of rotatable bonds is 3. The van der Waals surface area contributed by atoms with E-state index in [-0.39, 0.29) is 18.2 Å². The minimum absolute atomic E-state index is 0.170. The summed E-state index contributed by atoms with van der Waals surface area (Å²) in [6, 6.07) is 6.48. The van der Waals surface area contributed by atoms with Gasteiger partial charge in [0.2, 0.25) is 11.8 Å². The number of amides is 2. The molecule has 0 bridgehead atoms. The molecule has 5 nitrogen and oxygen atoms in total. The predicted molar refractivity (Wildman–Crippen MR) is 69.2 cm³/mol. The van der Waals surface area contributed by atoms with Crippen molar-refractivity contribution in [3.8, 4) is 6.07 Å². The van der Waals surface area contributed by atoms with Crippen LogP contribution in [0.3, 0.4) is 0 Å². The van der Waals surface area contributed by atoms with E-state index in [1.54, 1.807) is 18.2 Å². The van der Waals surface area contributed by atoms with Crippen LogP contribution in [0.2, 0.25) is 5.02 Å². The lowest BCUT2D eigenvalue weighted by Gasteiger charge is -2.11. The summed E-state index contributed by atoms with van der Waals surface area (Å²) in [5.74, 6) is -0.414. The van der Waals surface area contributed by atoms with Crippen LogP contribution in [-0.2, 0) is 16.1 Å². The van der Waals surface area contributed by atoms with E-state index < -0.39 is 6.04 Å². The molecule has 6 heteroatoms. The summed E-state index contributed by atoms with van der Waals surface area (Å²) < 4.78 is 0. The smallest absolute Gasteiger partial charge is 0.246 e. The summed E-state index contributed by atoms with van der Waals surface area (Å²) in [5.41, 5.74) is 1.27. The molecule has 1 fully saturated rings. The summed E-state index contributed by atoms with van der Waals surface area (Å²) in [5, 5.41) is 12.2. The Kier molecular flexibility index (Phi) is 3.84. The number of carbonyl (C=O) groups excluding carboxylic acids is 2. The van der Waals surface area contributed by atoms with Crippen LogP contribution in [0.15, 0.2) is 18.2 Å². The average Bonchev–Trinajstić information content (AvgIpc) is 2.65. The maximum atomic E-state index is 11.7. The Labute approximate surface area is 115 Å². The molecule has 2 rings (SSSR count). The Bertz CT molecular complexity index is 580. The highest BCUT2D eigenvalue weighted by Crippen LogP contribution is 2.18. The first-order valence-corrected chi connectivity index (χ1v) is 6.13. The van der Waals surface area contributed by atoms with Crippen LogP contribution in [0, 0.1) is 11.3 Å². The van der Waals surface area contributed by atoms with Gasteiger partial charge in [0.05, 0.1) is 24.1 Å². The molecule has 0 radical (unpaired) electrons. The second-order valence-electron chi connectivity index (χ2n) is 4.35. The van der Waals surface area contributed by atoms with Crippen molar-refractivity contribution in [2.24, 2.45) is 0 Å². The monoisotopic (exact) mass is 277 g/mol. The number of hydrogen-bond acceptors (Lipinski definition) is 4. The van der Waals surface area contributed by atoms with Crippen molar-refractivity contribution in [2.45, 2.75) is 19.0 Å². The zero-order valence-electron chi connectivity index (χ0n) is 10.3. The third-order valence-corrected chi connectivity index (χ3v) is 3.45. The van der Waals surface area contributed by atoms with E-state index in [0.29, 0.717) is 17.1 Å². The molecule has 2 amide bonds. The number of carbonyl (C=O) groups is 2. The number of benzene rings is 1. The lowest BCUT2D eigenvalue weighted by Crippen LogP contribution is -2.36. The fourth-order valence-electron chi connectivity index (χ4n) is 1.91. The van der Waals surface area contributed by atoms with Crippen LogP contribution >= 0.6 is 11.6 Å². The van der Waals surface area contributed by atoms with Gasteiger partial charge in [-0.3, -0.25) is 14.5 Å². The summed E-state index contributed by atoms with van der Waals surface area (Å²) in [7, 11) is 1.47. The third kappa shape index (κ3) is 2.75. The van der Waals surface area contributed by atoms with E-state index in [1.165, 1.54) is 7.05 Å². The molecule has 1 aromatic rings. The molecule has 1 aromatic carbocycles. The zero-order valence-corrected chi connectivity index (χ0v) is 11.1. The van der Waals surface area contributed by atoms with E-state index in [1.807, 2.05) is 6.07 Å². The van der Waals surface area contributed by atoms with Gasteiger partial charge in [0.15, 0.2) is 0 Å². The summed E-state index contributed by atoms with van der Waals surface area (Å²) in [4.78, 5) is 24.2. The first-order chi connectivity index (χ1) is 9.02. The van der Waals surface area contributed by atoms with E-state index in [2.05, 4.69) is 5.32 Å². The van der Waals surface area contributed by atoms with Crippen LogP contribution < -0.4 is 5.32 Å². The van der Waals surface area contributed by atoms with Gasteiger partial charge in [-0.15, -0.1) is 0 Å². The van der Waals surface area contributed by atoms with Crippen molar-refractivity contribution < 1.29 is 9.59 Å². The zero-order chi connectivity index (χ0) is 14.0. The SMILES string of the molecule is CN1C(=O)CC(NCc2ccc(C#N)cc2Cl)C1=O. The van der Waals surface area contributed by atoms with Gasteiger partial charge in [-0.25, -0.2) is 0 Å². The van der Waals surface area contributed by atoms with Crippen molar-refractivity contribution >= 4 is 23.4 Å². The maximum Gasteiger partial charge on any atom is 0.246 e. The number of nitrogens with zero attached hydrogens (tertiary/aromatic N) is 2. The Morgan fingerprint density at radius 1 is 1.53 bits per heavy atom. The van der Waals surface area contributed by atoms with E-state index in [4.69, 9.17) is 16.9 Å². The van der Waals surface area contributed by atoms with Gasteiger partial charge in [-0.2, -0.15) is 5.26 Å². The summed E-state index contributed by atoms with van der Waals surface area (Å²) in [6.45, 7) is 0.377. The molecule has 1 aliphatic rings. The Balaban J connectivity index is 2.02. The van der Waals surface area contributed by atoms with Gasteiger partial charge in [0.25, 0.3) is 0 Å². The molecule has 1 saturated heterocycles. The highest BCUT2D eigenvalue weighted by Gasteiger charge is 2.35. The van der Waals surface area contributed by atoms with Gasteiger partial charge in [0, 0.05) is 18.6 Å². The first-order valence-electron chi connectivity index (χ1n) is 5.75. The normalized spacial score (nSPS) is 18.8. The molecule has 0 aliphatic carbocycles. The second kappa shape index (κ2) is 5.39. The van der Waals surface area contributed by atoms with Crippen LogP contribution in [0.25, 0.3) is 0 Å². The minimum Gasteiger partial charge on any atom is -0.301 e. The number of likely N-dealkylation sites (N-methyl/N-ethyl adjacent to an activating group) is 1. The molecule has 1 heterocycles. The number of nitriles is 1. The van der Waals surface area contributed by atoms with Gasteiger partial charge in [-0.05, 0) is 17.7 Å². The molecular weight excluding hydrogens is 266 g/mol. The quantitative estimate of drug-likeness (QED) is 0.839. The molecule has 1 atom stereocenters. The van der Waals surface area contributed by atoms with Gasteiger partial charge in [0.1, 0.15) is 0 Å². The largest absolute Gasteiger partial charge is 0.301 e. The number of nitrogens with one attached hydrogen (secondary N) is 1. The second-order valence-corrected chi connectivity index (χ2v) is 4.75. The van der Waals surface area contributed by atoms with Crippen LogP contribution in [0.4, 0.5) is 0 Å². The first kappa shape index (κ1) is 13.5. The molecule has 1 aliphatic heterocycles. The molecular formula is C13H12ClN3O2. The molecule has 98 valence electrons. The molecule has 0 saturated carbocycles. The van der Waals surface area contributed by atoms with E-state index >= 15 is 0 Å². The summed E-state index contributed by atoms with van der Waals surface area (Å²) >= 11 is 6.03. The van der Waals surface area contributed by atoms with E-state index in [0.717, 1.165) is 10.5 Å². The van der Waals surface area contributed by atoms with Crippen molar-refractivity contribution in [1.82, 2.24) is 10.2 Å². The third-order valence-electron chi connectivity index (χ3n) is 3.10. The molecule has 0 aromatic heterocycles. The Hall–Kier alpha value is -1.90. The lowest BCUT2D eigenvalue weighted by atomic mass is 10.1. The summed E-state index contributed by atoms with van der Waals surface area (Å²) in [6.07, 6.45) is 0.170. The van der Waals surface area contributed by atoms with Crippen molar-refractivity contribution in [3.63, 3.8) is 0 Å². The fourth-order valence-corrected chi connectivity index (χ4v) is 2.16. The molecule has 1 N–H and O–H groups in total. The number of hydrogen-bond donors (Lipinski definition) is 1. The Morgan fingerprint density at radius 2 is 2.26 bits per heavy atom. The average molecular weight is 278 g/mol. The standard InChI is InChI=1S/C13H12ClN3O2/c1-17-12(18)5-11(13(17)19)16-7-9-3-2-8(6-15)4-10(9)14/h2-4,11,16H,5,7H2,1H3. The minimum atomic E-state index is -0.496. The van der Waals surface area contributed by atoms with Crippen molar-refractivity contribution in [2.75, 3.05) is 7.05 Å². The molecule has 1 unspecified atom stereocenters. The fraction of sp³-hybridized carbons (Fsp3) is 0.308. The predicted octanol–water partition coefficient (Wildman–Crippen LogP) is 1.06. The number of likely N-dealkylation sites (tertiary alicyclic amines) is 1. The van der Waals surface area contributed by atoms with Crippen molar-refractivity contribution in [1.29, 1.82) is 5.26 Å². The molecule has 0 spiro atoms. The topological polar surface area (TPSA) is 73.2 Å². The number of halogens is 1. The van der Waals surface area contributed by atoms with Crippen LogP contribution in [0.1, 0.15) is 17.5 Å². The van der Waals surface area contributed by atoms with Gasteiger partial charge in [-0.1, -0.05) is 17.7 Å². The van der Waals surface area contributed by atoms with Crippen molar-refractivity contribution in [3.05, 3.63) is 34.3 Å². The van der Waals surface area contributed by atoms with Gasteiger partial charge < -0.3 is 5.32 Å². The molecule has 19 heavy (non-hydrogen) atoms. The maximum absolute atomic E-state index is 11.7. The van der Waals surface area contributed by atoms with Crippen LogP contribution in [0.5, 0.6) is 0 Å². The number of imide groups is 1. The highest BCUT2D eigenvalue weighted by atomic mass is 35.5.